The fourth-order valence-electron chi connectivity index (χ4n) is 7.04. The third kappa shape index (κ3) is 13.2. The number of aromatic hydroxyl groups is 2. The van der Waals surface area contributed by atoms with Gasteiger partial charge in [0.25, 0.3) is 26.1 Å². The van der Waals surface area contributed by atoms with E-state index < -0.39 is 53.5 Å². The number of carbonyl (C=O) groups is 2. The van der Waals surface area contributed by atoms with Gasteiger partial charge in [-0.2, -0.15) is 21.9 Å². The molecule has 0 aliphatic rings. The second-order valence-corrected chi connectivity index (χ2v) is 19.8. The van der Waals surface area contributed by atoms with Crippen LogP contribution in [0.15, 0.2) is 117 Å². The third-order valence-electron chi connectivity index (χ3n) is 11.8. The van der Waals surface area contributed by atoms with E-state index >= 15 is 0 Å². The Hall–Kier alpha value is -4.60. The molecule has 350 valence electrons. The van der Waals surface area contributed by atoms with E-state index in [0.717, 1.165) is 36.8 Å². The molecule has 0 bridgehead atoms. The Kier molecular flexibility index (Phi) is 18.8. The van der Waals surface area contributed by atoms with Crippen molar-refractivity contribution in [1.29, 1.82) is 0 Å². The Balaban J connectivity index is 0.00000504. The van der Waals surface area contributed by atoms with E-state index in [1.165, 1.54) is 47.5 Å². The van der Waals surface area contributed by atoms with Crippen LogP contribution in [-0.2, 0) is 31.1 Å². The molecular weight excluding hydrogens is 935 g/mol. The zero-order chi connectivity index (χ0) is 48.2. The Labute approximate surface area is 440 Å². The van der Waals surface area contributed by atoms with Crippen LogP contribution in [0.25, 0.3) is 21.5 Å². The zero-order valence-electron chi connectivity index (χ0n) is 39.2. The number of rotatable bonds is 17. The molecule has 0 spiro atoms. The maximum Gasteiger partial charge on any atom is 0.417 e. The van der Waals surface area contributed by atoms with Crippen molar-refractivity contribution >= 4 is 130 Å². The van der Waals surface area contributed by atoms with Crippen LogP contribution in [0.5, 0.6) is 23.0 Å². The molecule has 0 aromatic heterocycles. The summed E-state index contributed by atoms with van der Waals surface area (Å²) in [7, 11) is -9.70. The molecule has 6 N–H and O–H groups in total. The number of benzene rings is 6. The first-order valence-electron chi connectivity index (χ1n) is 21.1. The number of carbonyl (C=O) groups excluding carboxylic acids is 2. The van der Waals surface area contributed by atoms with Crippen molar-refractivity contribution in [2.75, 3.05) is 18.5 Å². The molecule has 20 heteroatoms. The summed E-state index contributed by atoms with van der Waals surface area (Å²) in [5.74, 6) is -0.950. The summed E-state index contributed by atoms with van der Waals surface area (Å²) in [5.41, 5.74) is 2.28. The predicted octanol–water partition coefficient (Wildman–Crippen LogP) is 10.1. The summed E-state index contributed by atoms with van der Waals surface area (Å²) in [6.45, 7) is 14.0. The van der Waals surface area contributed by atoms with Crippen molar-refractivity contribution < 1.29 is 55.2 Å². The first kappa shape index (κ1) is 56.0. The van der Waals surface area contributed by atoms with E-state index in [2.05, 4.69) is 80.6 Å². The molecule has 68 heavy (non-hydrogen) atoms. The fraction of sp³-hybridized carbons (Fsp3) is 0.292. The number of nitrogens with zero attached hydrogens (tertiary/aromatic N) is 2. The van der Waals surface area contributed by atoms with E-state index in [-0.39, 0.29) is 115 Å². The minimum atomic E-state index is -5.02. The topological polar surface area (TPSA) is 251 Å². The van der Waals surface area contributed by atoms with E-state index in [9.17, 15) is 45.7 Å². The monoisotopic (exact) mass is 986 g/mol. The predicted molar refractivity (Wildman–Crippen MR) is 263 cm³/mol. The van der Waals surface area contributed by atoms with Gasteiger partial charge in [-0.25, -0.2) is 4.79 Å². The maximum absolute atomic E-state index is 13.4. The van der Waals surface area contributed by atoms with Gasteiger partial charge >= 0.3 is 6.09 Å². The second kappa shape index (κ2) is 22.9. The Morgan fingerprint density at radius 1 is 0.691 bits per heavy atom. The van der Waals surface area contributed by atoms with Crippen LogP contribution >= 0.6 is 0 Å². The number of ether oxygens (including phenoxy) is 2. The summed E-state index contributed by atoms with van der Waals surface area (Å²) >= 11 is 0. The Morgan fingerprint density at radius 3 is 1.99 bits per heavy atom. The number of phenolic OH excluding ortho intramolecular Hbond substituents is 2. The number of unbranched alkanes of at least 4 members (excludes halogenated alkanes) is 1. The molecule has 0 fully saturated rings. The summed E-state index contributed by atoms with van der Waals surface area (Å²) in [4.78, 5) is 25.1. The Morgan fingerprint density at radius 2 is 1.35 bits per heavy atom. The molecule has 0 heterocycles. The number of hydrogen-bond donors (Lipinski definition) is 6. The smallest absolute Gasteiger partial charge is 0.417 e. The molecule has 0 saturated carbocycles. The molecule has 6 aromatic carbocycles. The van der Waals surface area contributed by atoms with Gasteiger partial charge in [0.15, 0.2) is 5.75 Å². The van der Waals surface area contributed by atoms with Gasteiger partial charge in [0.2, 0.25) is 0 Å². The summed E-state index contributed by atoms with van der Waals surface area (Å²) in [6.07, 6.45) is 2.28. The molecule has 2 amide bonds. The summed E-state index contributed by atoms with van der Waals surface area (Å²) < 4.78 is 78.5. The molecule has 0 aliphatic carbocycles. The SMILES string of the molecule is CCC(C)(C)c1ccc(OCCCCNC(=O)c2cc(OC(=O)Nc3ccc(N=Nc4c(O)c(S(=O)(=O)O)cc5cc(S(=O)(=O)O)ccc45)cc3)c3ccccc3c2O)c(C(C)(C)CC)c1.[Na].[Na]. The zero-order valence-corrected chi connectivity index (χ0v) is 44.9. The first-order chi connectivity index (χ1) is 31.0. The van der Waals surface area contributed by atoms with Crippen molar-refractivity contribution in [3.8, 4) is 23.0 Å². The number of nitrogens with one attached hydrogen (secondary N) is 2. The molecule has 6 aromatic rings. The van der Waals surface area contributed by atoms with Crippen molar-refractivity contribution in [1.82, 2.24) is 5.32 Å². The van der Waals surface area contributed by atoms with Crippen LogP contribution in [0.3, 0.4) is 0 Å². The van der Waals surface area contributed by atoms with Gasteiger partial charge in [0.1, 0.15) is 27.8 Å². The second-order valence-electron chi connectivity index (χ2n) is 17.0. The van der Waals surface area contributed by atoms with Crippen LogP contribution < -0.4 is 20.1 Å². The summed E-state index contributed by atoms with van der Waals surface area (Å²) in [6, 6.07) is 24.0. The van der Waals surface area contributed by atoms with E-state index in [0.29, 0.717) is 31.4 Å². The largest absolute Gasteiger partial charge is 0.506 e. The van der Waals surface area contributed by atoms with Gasteiger partial charge in [-0.3, -0.25) is 19.2 Å². The normalized spacial score (nSPS) is 12.1. The molecule has 16 nitrogen and oxygen atoms in total. The number of hydrogen-bond acceptors (Lipinski definition) is 12. The van der Waals surface area contributed by atoms with Crippen LogP contribution in [0.4, 0.5) is 21.9 Å². The number of anilines is 1. The van der Waals surface area contributed by atoms with E-state index in [4.69, 9.17) is 9.47 Å². The number of phenols is 2. The molecule has 2 radical (unpaired) electrons. The number of azo groups is 1. The minimum Gasteiger partial charge on any atom is -0.506 e. The summed E-state index contributed by atoms with van der Waals surface area (Å²) in [5, 5.41) is 35.9. The standard InChI is InChI=1S/C48H52N4O12S2.2Na/c1-7-47(3,4)30-15-22-39(38(27-30)48(5,6)8-2)63-24-12-11-23-49-45(55)37-28-40(35-13-9-10-14-36(35)43(37)53)64-46(56)50-31-16-18-32(19-17-31)51-52-42-34-21-20-33(65(57,58)59)25-29(34)26-41(44(42)54)66(60,61)62;;/h9-10,13-22,25-28,53-54H,7-8,11-12,23-24H2,1-6H3,(H,49,55)(H,50,56)(H,57,58,59)(H,60,61,62);;. The van der Waals surface area contributed by atoms with Crippen LogP contribution in [0.2, 0.25) is 0 Å². The van der Waals surface area contributed by atoms with Crippen LogP contribution in [-0.4, -0.2) is 120 Å². The number of amides is 2. The van der Waals surface area contributed by atoms with Crippen molar-refractivity contribution in [2.24, 2.45) is 10.2 Å². The minimum absolute atomic E-state index is 0. The quantitative estimate of drug-likeness (QED) is 0.0216. The van der Waals surface area contributed by atoms with Gasteiger partial charge in [-0.15, -0.1) is 5.11 Å². The number of fused-ring (bicyclic) bond motifs is 2. The molecule has 0 saturated heterocycles. The van der Waals surface area contributed by atoms with Crippen molar-refractivity contribution in [2.45, 2.75) is 87.8 Å². The van der Waals surface area contributed by atoms with Crippen molar-refractivity contribution in [3.05, 3.63) is 114 Å². The third-order valence-corrected chi connectivity index (χ3v) is 13.5. The van der Waals surface area contributed by atoms with Gasteiger partial charge in [-0.1, -0.05) is 84.0 Å². The average Bonchev–Trinajstić information content (AvgIpc) is 3.27. The molecule has 6 rings (SSSR count). The average molecular weight is 987 g/mol. The van der Waals surface area contributed by atoms with Crippen LogP contribution in [0, 0.1) is 0 Å². The first-order valence-corrected chi connectivity index (χ1v) is 24.0. The molecule has 0 aliphatic heterocycles. The fourth-order valence-corrected chi connectivity index (χ4v) is 8.17. The van der Waals surface area contributed by atoms with Gasteiger partial charge < -0.3 is 25.0 Å². The van der Waals surface area contributed by atoms with E-state index in [1.54, 1.807) is 24.3 Å². The maximum atomic E-state index is 13.4. The van der Waals surface area contributed by atoms with Gasteiger partial charge in [0, 0.05) is 93.1 Å². The molecular formula is C48H52N4Na2O12S2. The van der Waals surface area contributed by atoms with Gasteiger partial charge in [-0.05, 0) is 102 Å². The molecule has 0 unspecified atom stereocenters. The van der Waals surface area contributed by atoms with Crippen molar-refractivity contribution in [3.63, 3.8) is 0 Å². The van der Waals surface area contributed by atoms with E-state index in [1.807, 2.05) is 0 Å². The Bertz CT molecular complexity index is 3090. The molecule has 0 atom stereocenters. The van der Waals surface area contributed by atoms with Gasteiger partial charge in [0.05, 0.1) is 22.8 Å². The van der Waals surface area contributed by atoms with Crippen LogP contribution in [0.1, 0.15) is 88.7 Å².